The van der Waals surface area contributed by atoms with Crippen LogP contribution in [0.25, 0.3) is 22.1 Å². The molecule has 0 unspecified atom stereocenters. The maximum atomic E-state index is 12.8. The van der Waals surface area contributed by atoms with Gasteiger partial charge in [0.1, 0.15) is 5.75 Å². The second-order valence-corrected chi connectivity index (χ2v) is 6.85. The Bertz CT molecular complexity index is 1140. The zero-order valence-electron chi connectivity index (χ0n) is 13.4. The number of fused-ring (bicyclic) bond motifs is 3. The van der Waals surface area contributed by atoms with Crippen LogP contribution in [0.4, 0.5) is 0 Å². The van der Waals surface area contributed by atoms with Crippen LogP contribution in [-0.4, -0.2) is 15.5 Å². The molecule has 0 amide bonds. The SMILES string of the molecule is CC(C)Oc1ccccc1C=c1sc2nc3ccccc3n2c1=O. The van der Waals surface area contributed by atoms with Crippen molar-refractivity contribution >= 4 is 33.4 Å². The number of aromatic nitrogens is 2. The number of benzene rings is 2. The predicted octanol–water partition coefficient (Wildman–Crippen LogP) is 3.24. The number of nitrogens with zero attached hydrogens (tertiary/aromatic N) is 2. The second-order valence-electron chi connectivity index (χ2n) is 5.84. The van der Waals surface area contributed by atoms with Gasteiger partial charge < -0.3 is 4.74 Å². The lowest BCUT2D eigenvalue weighted by Gasteiger charge is -2.11. The van der Waals surface area contributed by atoms with Crippen molar-refractivity contribution in [3.63, 3.8) is 0 Å². The average Bonchev–Trinajstić information content (AvgIpc) is 3.06. The van der Waals surface area contributed by atoms with Crippen LogP contribution in [-0.2, 0) is 0 Å². The standard InChI is InChI=1S/C19H16N2O2S/c1-12(2)23-16-10-6-3-7-13(16)11-17-18(22)21-15-9-5-4-8-14(15)20-19(21)24-17/h3-12H,1-2H3. The zero-order valence-corrected chi connectivity index (χ0v) is 14.2. The molecule has 0 spiro atoms. The van der Waals surface area contributed by atoms with Crippen molar-refractivity contribution < 1.29 is 4.74 Å². The molecule has 24 heavy (non-hydrogen) atoms. The van der Waals surface area contributed by atoms with Crippen molar-refractivity contribution in [2.45, 2.75) is 20.0 Å². The lowest BCUT2D eigenvalue weighted by atomic mass is 10.2. The molecule has 0 saturated heterocycles. The molecule has 0 radical (unpaired) electrons. The fraction of sp³-hybridized carbons (Fsp3) is 0.158. The first kappa shape index (κ1) is 14.9. The number of rotatable bonds is 3. The van der Waals surface area contributed by atoms with Gasteiger partial charge in [-0.1, -0.05) is 41.7 Å². The quantitative estimate of drug-likeness (QED) is 0.577. The minimum absolute atomic E-state index is 0.0388. The van der Waals surface area contributed by atoms with E-state index in [2.05, 4.69) is 4.98 Å². The Hall–Kier alpha value is -2.66. The van der Waals surface area contributed by atoms with E-state index in [-0.39, 0.29) is 11.7 Å². The van der Waals surface area contributed by atoms with Gasteiger partial charge in [-0.3, -0.25) is 4.79 Å². The Labute approximate surface area is 142 Å². The molecule has 2 aromatic heterocycles. The Morgan fingerprint density at radius 2 is 1.88 bits per heavy atom. The van der Waals surface area contributed by atoms with Gasteiger partial charge >= 0.3 is 0 Å². The molecule has 0 aliphatic heterocycles. The zero-order chi connectivity index (χ0) is 16.7. The van der Waals surface area contributed by atoms with Crippen LogP contribution < -0.4 is 14.8 Å². The van der Waals surface area contributed by atoms with E-state index in [0.717, 1.165) is 27.3 Å². The summed E-state index contributed by atoms with van der Waals surface area (Å²) in [5.74, 6) is 0.780. The van der Waals surface area contributed by atoms with Crippen molar-refractivity contribution in [3.8, 4) is 5.75 Å². The minimum Gasteiger partial charge on any atom is -0.490 e. The molecular formula is C19H16N2O2S. The van der Waals surface area contributed by atoms with Crippen LogP contribution in [0.3, 0.4) is 0 Å². The summed E-state index contributed by atoms with van der Waals surface area (Å²) in [6.45, 7) is 3.97. The van der Waals surface area contributed by atoms with E-state index in [9.17, 15) is 4.79 Å². The summed E-state index contributed by atoms with van der Waals surface area (Å²) in [4.78, 5) is 18.1. The molecule has 2 aromatic carbocycles. The molecule has 4 aromatic rings. The highest BCUT2D eigenvalue weighted by molar-refractivity contribution is 7.15. The van der Waals surface area contributed by atoms with E-state index in [1.54, 1.807) is 4.40 Å². The van der Waals surface area contributed by atoms with E-state index in [1.165, 1.54) is 11.3 Å². The number of ether oxygens (including phenoxy) is 1. The Kier molecular flexibility index (Phi) is 3.58. The van der Waals surface area contributed by atoms with E-state index in [0.29, 0.717) is 4.53 Å². The molecule has 0 saturated carbocycles. The molecule has 0 atom stereocenters. The van der Waals surface area contributed by atoms with Gasteiger partial charge in [-0.2, -0.15) is 0 Å². The Balaban J connectivity index is 1.93. The van der Waals surface area contributed by atoms with Crippen LogP contribution in [0.1, 0.15) is 19.4 Å². The lowest BCUT2D eigenvalue weighted by Crippen LogP contribution is -2.22. The molecule has 0 fully saturated rings. The molecule has 0 N–H and O–H groups in total. The van der Waals surface area contributed by atoms with Crippen molar-refractivity contribution in [3.05, 3.63) is 69.0 Å². The van der Waals surface area contributed by atoms with Gasteiger partial charge in [-0.05, 0) is 38.1 Å². The third-order valence-corrected chi connectivity index (χ3v) is 4.68. The molecule has 4 nitrogen and oxygen atoms in total. The number of hydrogen-bond acceptors (Lipinski definition) is 4. The maximum Gasteiger partial charge on any atom is 0.274 e. The number of imidazole rings is 1. The molecule has 0 aliphatic rings. The van der Waals surface area contributed by atoms with Crippen LogP contribution in [0.2, 0.25) is 0 Å². The third-order valence-electron chi connectivity index (χ3n) is 3.71. The number of para-hydroxylation sites is 3. The van der Waals surface area contributed by atoms with E-state index in [1.807, 2.05) is 68.5 Å². The molecule has 120 valence electrons. The smallest absolute Gasteiger partial charge is 0.274 e. The highest BCUT2D eigenvalue weighted by atomic mass is 32.1. The summed E-state index contributed by atoms with van der Waals surface area (Å²) < 4.78 is 8.17. The molecule has 0 bridgehead atoms. The summed E-state index contributed by atoms with van der Waals surface area (Å²) in [5.41, 5.74) is 2.55. The van der Waals surface area contributed by atoms with Crippen molar-refractivity contribution in [2.75, 3.05) is 0 Å². The summed E-state index contributed by atoms with van der Waals surface area (Å²) in [6.07, 6.45) is 1.96. The molecule has 2 heterocycles. The second kappa shape index (κ2) is 5.76. The highest BCUT2D eigenvalue weighted by Gasteiger charge is 2.11. The van der Waals surface area contributed by atoms with Crippen LogP contribution in [0.5, 0.6) is 5.75 Å². The lowest BCUT2D eigenvalue weighted by molar-refractivity contribution is 0.242. The van der Waals surface area contributed by atoms with E-state index >= 15 is 0 Å². The molecule has 4 rings (SSSR count). The van der Waals surface area contributed by atoms with Crippen molar-refractivity contribution in [1.29, 1.82) is 0 Å². The molecule has 0 aliphatic carbocycles. The van der Waals surface area contributed by atoms with E-state index < -0.39 is 0 Å². The fourth-order valence-electron chi connectivity index (χ4n) is 2.71. The van der Waals surface area contributed by atoms with Gasteiger partial charge in [0.2, 0.25) is 0 Å². The van der Waals surface area contributed by atoms with E-state index in [4.69, 9.17) is 4.74 Å². The Morgan fingerprint density at radius 1 is 1.12 bits per heavy atom. The normalized spacial score (nSPS) is 12.5. The van der Waals surface area contributed by atoms with Gasteiger partial charge in [0.25, 0.3) is 5.56 Å². The number of hydrogen-bond donors (Lipinski definition) is 0. The maximum absolute atomic E-state index is 12.8. The van der Waals surface area contributed by atoms with Crippen molar-refractivity contribution in [1.82, 2.24) is 9.38 Å². The third kappa shape index (κ3) is 2.47. The number of thiazole rings is 1. The van der Waals surface area contributed by atoms with Gasteiger partial charge in [0.15, 0.2) is 4.96 Å². The summed E-state index contributed by atoms with van der Waals surface area (Å²) in [5, 5.41) is 0. The summed E-state index contributed by atoms with van der Waals surface area (Å²) in [6, 6.07) is 15.4. The first-order chi connectivity index (χ1) is 11.6. The summed E-state index contributed by atoms with van der Waals surface area (Å²) in [7, 11) is 0. The van der Waals surface area contributed by atoms with Gasteiger partial charge in [-0.15, -0.1) is 0 Å². The Morgan fingerprint density at radius 3 is 2.71 bits per heavy atom. The van der Waals surface area contributed by atoms with Gasteiger partial charge in [0.05, 0.1) is 21.7 Å². The fourth-order valence-corrected chi connectivity index (χ4v) is 3.69. The molecular weight excluding hydrogens is 320 g/mol. The monoisotopic (exact) mass is 336 g/mol. The van der Waals surface area contributed by atoms with Crippen LogP contribution in [0, 0.1) is 0 Å². The topological polar surface area (TPSA) is 43.6 Å². The summed E-state index contributed by atoms with van der Waals surface area (Å²) >= 11 is 1.40. The first-order valence-electron chi connectivity index (χ1n) is 7.81. The minimum atomic E-state index is -0.0388. The van der Waals surface area contributed by atoms with Crippen LogP contribution >= 0.6 is 11.3 Å². The largest absolute Gasteiger partial charge is 0.490 e. The average molecular weight is 336 g/mol. The highest BCUT2D eigenvalue weighted by Crippen LogP contribution is 2.21. The van der Waals surface area contributed by atoms with Gasteiger partial charge in [-0.25, -0.2) is 9.38 Å². The van der Waals surface area contributed by atoms with Gasteiger partial charge in [0, 0.05) is 5.56 Å². The molecule has 5 heteroatoms. The first-order valence-corrected chi connectivity index (χ1v) is 8.62. The van der Waals surface area contributed by atoms with Crippen molar-refractivity contribution in [2.24, 2.45) is 0 Å². The predicted molar refractivity (Wildman–Crippen MR) is 97.8 cm³/mol. The van der Waals surface area contributed by atoms with Crippen LogP contribution in [0.15, 0.2) is 53.3 Å².